The summed E-state index contributed by atoms with van der Waals surface area (Å²) in [5.41, 5.74) is 0. The second kappa shape index (κ2) is 7.15. The molecule has 0 aromatic carbocycles. The van der Waals surface area contributed by atoms with E-state index < -0.39 is 0 Å². The van der Waals surface area contributed by atoms with E-state index in [9.17, 15) is 4.79 Å². The predicted octanol–water partition coefficient (Wildman–Crippen LogP) is 1.50. The lowest BCUT2D eigenvalue weighted by atomic mass is 10.1. The highest BCUT2D eigenvalue weighted by Crippen LogP contribution is 2.11. The van der Waals surface area contributed by atoms with E-state index in [4.69, 9.17) is 0 Å². The van der Waals surface area contributed by atoms with Crippen molar-refractivity contribution in [2.75, 3.05) is 13.7 Å². The first kappa shape index (κ1) is 12.7. The highest BCUT2D eigenvalue weighted by Gasteiger charge is 2.13. The van der Waals surface area contributed by atoms with Gasteiger partial charge < -0.3 is 10.1 Å². The molecule has 4 heteroatoms. The smallest absolute Gasteiger partial charge is 0.305 e. The van der Waals surface area contributed by atoms with Gasteiger partial charge in [0.1, 0.15) is 0 Å². The van der Waals surface area contributed by atoms with Crippen LogP contribution in [-0.4, -0.2) is 25.7 Å². The Morgan fingerprint density at radius 1 is 1.62 bits per heavy atom. The number of hydrogen-bond acceptors (Lipinski definition) is 3. The maximum absolute atomic E-state index is 10.7. The average Bonchev–Trinajstić information content (AvgIpc) is 2.57. The molecular weight excluding hydrogens is 190 g/mol. The summed E-state index contributed by atoms with van der Waals surface area (Å²) < 4.78 is 4.56. The second-order valence-corrected chi connectivity index (χ2v) is 3.26. The fourth-order valence-electron chi connectivity index (χ4n) is 1.60. The molecule has 0 spiro atoms. The highest BCUT2D eigenvalue weighted by atomic mass is 35.5. The van der Waals surface area contributed by atoms with Crippen LogP contribution < -0.4 is 5.32 Å². The van der Waals surface area contributed by atoms with Gasteiger partial charge in [0, 0.05) is 12.5 Å². The second-order valence-electron chi connectivity index (χ2n) is 3.26. The van der Waals surface area contributed by atoms with Crippen LogP contribution in [0.4, 0.5) is 0 Å². The van der Waals surface area contributed by atoms with Crippen molar-refractivity contribution in [3.8, 4) is 0 Å². The normalized spacial score (nSPS) is 20.8. The molecule has 0 aromatic rings. The van der Waals surface area contributed by atoms with Gasteiger partial charge in [0.05, 0.1) is 7.11 Å². The SMILES string of the molecule is COC(=O)CCCC1CCCN1.Cl. The first-order valence-electron chi connectivity index (χ1n) is 4.63. The maximum atomic E-state index is 10.7. The molecular formula is C9H18ClNO2. The first-order chi connectivity index (χ1) is 5.83. The van der Waals surface area contributed by atoms with Crippen LogP contribution in [0.1, 0.15) is 32.1 Å². The van der Waals surface area contributed by atoms with Crippen LogP contribution in [0, 0.1) is 0 Å². The van der Waals surface area contributed by atoms with Crippen LogP contribution in [-0.2, 0) is 9.53 Å². The number of methoxy groups -OCH3 is 1. The van der Waals surface area contributed by atoms with Crippen LogP contribution in [0.15, 0.2) is 0 Å². The summed E-state index contributed by atoms with van der Waals surface area (Å²) >= 11 is 0. The average molecular weight is 208 g/mol. The number of carbonyl (C=O) groups excluding carboxylic acids is 1. The summed E-state index contributed by atoms with van der Waals surface area (Å²) in [5, 5.41) is 3.40. The topological polar surface area (TPSA) is 38.3 Å². The third kappa shape index (κ3) is 5.11. The summed E-state index contributed by atoms with van der Waals surface area (Å²) in [6.07, 6.45) is 5.16. The van der Waals surface area contributed by atoms with Gasteiger partial charge in [-0.2, -0.15) is 0 Å². The number of hydrogen-bond donors (Lipinski definition) is 1. The molecule has 1 aliphatic rings. The van der Waals surface area contributed by atoms with Gasteiger partial charge in [-0.05, 0) is 32.2 Å². The minimum Gasteiger partial charge on any atom is -0.469 e. The number of rotatable bonds is 4. The van der Waals surface area contributed by atoms with Crippen molar-refractivity contribution in [1.29, 1.82) is 0 Å². The fraction of sp³-hybridized carbons (Fsp3) is 0.889. The first-order valence-corrected chi connectivity index (χ1v) is 4.63. The number of ether oxygens (including phenoxy) is 1. The zero-order chi connectivity index (χ0) is 8.81. The molecule has 0 bridgehead atoms. The molecule has 1 rings (SSSR count). The highest BCUT2D eigenvalue weighted by molar-refractivity contribution is 5.85. The van der Waals surface area contributed by atoms with Crippen molar-refractivity contribution in [3.05, 3.63) is 0 Å². The van der Waals surface area contributed by atoms with E-state index in [0.29, 0.717) is 12.5 Å². The van der Waals surface area contributed by atoms with E-state index in [0.717, 1.165) is 19.4 Å². The Morgan fingerprint density at radius 2 is 2.38 bits per heavy atom. The molecule has 1 N–H and O–H groups in total. The Kier molecular flexibility index (Phi) is 7.00. The van der Waals surface area contributed by atoms with Gasteiger partial charge in [-0.15, -0.1) is 12.4 Å². The molecule has 1 unspecified atom stereocenters. The van der Waals surface area contributed by atoms with Crippen LogP contribution in [0.3, 0.4) is 0 Å². The minimum atomic E-state index is -0.0898. The molecule has 1 fully saturated rings. The Bertz CT molecular complexity index is 147. The predicted molar refractivity (Wildman–Crippen MR) is 54.1 cm³/mol. The van der Waals surface area contributed by atoms with Crippen molar-refractivity contribution in [2.45, 2.75) is 38.1 Å². The minimum absolute atomic E-state index is 0. The number of halogens is 1. The molecule has 1 aliphatic heterocycles. The van der Waals surface area contributed by atoms with Crippen molar-refractivity contribution in [1.82, 2.24) is 5.32 Å². The maximum Gasteiger partial charge on any atom is 0.305 e. The van der Waals surface area contributed by atoms with Gasteiger partial charge in [0.25, 0.3) is 0 Å². The molecule has 1 saturated heterocycles. The molecule has 1 atom stereocenters. The van der Waals surface area contributed by atoms with E-state index in [-0.39, 0.29) is 18.4 Å². The Hall–Kier alpha value is -0.280. The quantitative estimate of drug-likeness (QED) is 0.711. The summed E-state index contributed by atoms with van der Waals surface area (Å²) in [6, 6.07) is 0.648. The molecule has 0 radical (unpaired) electrons. The Balaban J connectivity index is 0.00000144. The van der Waals surface area contributed by atoms with Crippen LogP contribution >= 0.6 is 12.4 Å². The third-order valence-electron chi connectivity index (χ3n) is 2.32. The van der Waals surface area contributed by atoms with E-state index >= 15 is 0 Å². The largest absolute Gasteiger partial charge is 0.469 e. The standard InChI is InChI=1S/C9H17NO2.ClH/c1-12-9(11)6-2-4-8-5-3-7-10-8;/h8,10H,2-7H2,1H3;1H. The summed E-state index contributed by atoms with van der Waals surface area (Å²) in [7, 11) is 1.44. The van der Waals surface area contributed by atoms with Crippen molar-refractivity contribution in [3.63, 3.8) is 0 Å². The molecule has 1 heterocycles. The van der Waals surface area contributed by atoms with Crippen molar-refractivity contribution >= 4 is 18.4 Å². The summed E-state index contributed by atoms with van der Waals surface area (Å²) in [6.45, 7) is 1.14. The van der Waals surface area contributed by atoms with Crippen LogP contribution in [0.25, 0.3) is 0 Å². The van der Waals surface area contributed by atoms with E-state index in [2.05, 4.69) is 10.1 Å². The monoisotopic (exact) mass is 207 g/mol. The zero-order valence-electron chi connectivity index (χ0n) is 8.04. The molecule has 0 saturated carbocycles. The number of carbonyl (C=O) groups is 1. The zero-order valence-corrected chi connectivity index (χ0v) is 8.86. The van der Waals surface area contributed by atoms with Gasteiger partial charge in [-0.3, -0.25) is 4.79 Å². The fourth-order valence-corrected chi connectivity index (χ4v) is 1.60. The number of nitrogens with one attached hydrogen (secondary N) is 1. The van der Waals surface area contributed by atoms with Gasteiger partial charge >= 0.3 is 5.97 Å². The summed E-state index contributed by atoms with van der Waals surface area (Å²) in [4.78, 5) is 10.7. The van der Waals surface area contributed by atoms with Gasteiger partial charge in [-0.25, -0.2) is 0 Å². The summed E-state index contributed by atoms with van der Waals surface area (Å²) in [5.74, 6) is -0.0898. The van der Waals surface area contributed by atoms with E-state index in [1.54, 1.807) is 0 Å². The lowest BCUT2D eigenvalue weighted by Gasteiger charge is -2.08. The molecule has 0 aromatic heterocycles. The molecule has 13 heavy (non-hydrogen) atoms. The molecule has 3 nitrogen and oxygen atoms in total. The molecule has 0 aliphatic carbocycles. The third-order valence-corrected chi connectivity index (χ3v) is 2.32. The van der Waals surface area contributed by atoms with Crippen molar-refractivity contribution in [2.24, 2.45) is 0 Å². The Labute approximate surface area is 85.6 Å². The van der Waals surface area contributed by atoms with Crippen LogP contribution in [0.5, 0.6) is 0 Å². The number of esters is 1. The molecule has 0 amide bonds. The van der Waals surface area contributed by atoms with Gasteiger partial charge in [-0.1, -0.05) is 0 Å². The molecule has 78 valence electrons. The van der Waals surface area contributed by atoms with Gasteiger partial charge in [0.15, 0.2) is 0 Å². The lowest BCUT2D eigenvalue weighted by molar-refractivity contribution is -0.140. The van der Waals surface area contributed by atoms with E-state index in [1.807, 2.05) is 0 Å². The van der Waals surface area contributed by atoms with Crippen molar-refractivity contribution < 1.29 is 9.53 Å². The Morgan fingerprint density at radius 3 is 2.92 bits per heavy atom. The lowest BCUT2D eigenvalue weighted by Crippen LogP contribution is -2.21. The van der Waals surface area contributed by atoms with E-state index in [1.165, 1.54) is 20.0 Å². The van der Waals surface area contributed by atoms with Crippen LogP contribution in [0.2, 0.25) is 0 Å². The van der Waals surface area contributed by atoms with Gasteiger partial charge in [0.2, 0.25) is 0 Å².